The van der Waals surface area contributed by atoms with Crippen LogP contribution in [0.1, 0.15) is 57.9 Å². The van der Waals surface area contributed by atoms with Gasteiger partial charge in [0, 0.05) is 11.1 Å². The molecule has 22 heavy (non-hydrogen) atoms. The van der Waals surface area contributed by atoms with E-state index in [-0.39, 0.29) is 0 Å². The van der Waals surface area contributed by atoms with Crippen molar-refractivity contribution in [2.75, 3.05) is 6.54 Å². The zero-order chi connectivity index (χ0) is 15.3. The molecule has 0 saturated heterocycles. The molecule has 1 aromatic carbocycles. The lowest BCUT2D eigenvalue weighted by atomic mass is 9.43. The Hall–Kier alpha value is -1.26. The summed E-state index contributed by atoms with van der Waals surface area (Å²) in [5, 5.41) is 3.87. The van der Waals surface area contributed by atoms with Crippen molar-refractivity contribution < 1.29 is 0 Å². The van der Waals surface area contributed by atoms with Crippen molar-refractivity contribution in [2.24, 2.45) is 16.7 Å². The highest BCUT2D eigenvalue weighted by Gasteiger charge is 2.59. The SMILES string of the molecule is C[C@]12CC3CC(NCC#Cc4ccccc4)(C1)C[C@@](C)(C3)C2. The van der Waals surface area contributed by atoms with E-state index in [1.165, 1.54) is 38.5 Å². The van der Waals surface area contributed by atoms with Gasteiger partial charge in [0.1, 0.15) is 0 Å². The van der Waals surface area contributed by atoms with E-state index in [4.69, 9.17) is 0 Å². The predicted octanol–water partition coefficient (Wildman–Crippen LogP) is 4.38. The number of benzene rings is 1. The minimum atomic E-state index is 0.369. The summed E-state index contributed by atoms with van der Waals surface area (Å²) in [6.45, 7) is 5.89. The fraction of sp³-hybridized carbons (Fsp3) is 0.619. The average Bonchev–Trinajstić information content (AvgIpc) is 2.41. The molecule has 0 spiro atoms. The third-order valence-corrected chi connectivity index (χ3v) is 6.18. The number of nitrogens with one attached hydrogen (secondary N) is 1. The first-order chi connectivity index (χ1) is 10.5. The molecule has 2 unspecified atom stereocenters. The van der Waals surface area contributed by atoms with Gasteiger partial charge in [-0.15, -0.1) is 0 Å². The zero-order valence-electron chi connectivity index (χ0n) is 13.9. The van der Waals surface area contributed by atoms with E-state index in [2.05, 4.69) is 55.3 Å². The highest BCUT2D eigenvalue weighted by Crippen LogP contribution is 2.66. The Balaban J connectivity index is 1.46. The van der Waals surface area contributed by atoms with Crippen LogP contribution in [0.15, 0.2) is 30.3 Å². The molecule has 4 atom stereocenters. The molecule has 4 aliphatic carbocycles. The summed E-state index contributed by atoms with van der Waals surface area (Å²) in [4.78, 5) is 0. The Labute approximate surface area is 134 Å². The van der Waals surface area contributed by atoms with Crippen molar-refractivity contribution in [3.8, 4) is 11.8 Å². The number of hydrogen-bond donors (Lipinski definition) is 1. The molecular formula is C21H27N. The molecule has 0 aliphatic heterocycles. The second-order valence-corrected chi connectivity index (χ2v) is 8.93. The molecule has 0 radical (unpaired) electrons. The highest BCUT2D eigenvalue weighted by atomic mass is 15.0. The molecule has 1 N–H and O–H groups in total. The van der Waals surface area contributed by atoms with Crippen LogP contribution in [0.3, 0.4) is 0 Å². The summed E-state index contributed by atoms with van der Waals surface area (Å²) in [5.74, 6) is 7.57. The average molecular weight is 293 g/mol. The van der Waals surface area contributed by atoms with Crippen molar-refractivity contribution in [3.05, 3.63) is 35.9 Å². The van der Waals surface area contributed by atoms with Crippen molar-refractivity contribution in [3.63, 3.8) is 0 Å². The summed E-state index contributed by atoms with van der Waals surface area (Å²) in [5.41, 5.74) is 2.64. The van der Waals surface area contributed by atoms with Gasteiger partial charge in [0.05, 0.1) is 6.54 Å². The van der Waals surface area contributed by atoms with Gasteiger partial charge in [-0.2, -0.15) is 0 Å². The van der Waals surface area contributed by atoms with E-state index in [9.17, 15) is 0 Å². The smallest absolute Gasteiger partial charge is 0.0584 e. The lowest BCUT2D eigenvalue weighted by molar-refractivity contribution is -0.116. The van der Waals surface area contributed by atoms with Crippen LogP contribution >= 0.6 is 0 Å². The van der Waals surface area contributed by atoms with Gasteiger partial charge >= 0.3 is 0 Å². The summed E-state index contributed by atoms with van der Waals surface area (Å²) >= 11 is 0. The maximum absolute atomic E-state index is 3.87. The van der Waals surface area contributed by atoms with Crippen LogP contribution in [-0.2, 0) is 0 Å². The number of hydrogen-bond acceptors (Lipinski definition) is 1. The van der Waals surface area contributed by atoms with Crippen LogP contribution in [0.25, 0.3) is 0 Å². The van der Waals surface area contributed by atoms with Gasteiger partial charge in [-0.3, -0.25) is 0 Å². The third-order valence-electron chi connectivity index (χ3n) is 6.18. The van der Waals surface area contributed by atoms with Crippen molar-refractivity contribution in [2.45, 2.75) is 57.9 Å². The fourth-order valence-corrected chi connectivity index (χ4v) is 6.54. The fourth-order valence-electron chi connectivity index (χ4n) is 6.54. The lowest BCUT2D eigenvalue weighted by Gasteiger charge is -2.65. The summed E-state index contributed by atoms with van der Waals surface area (Å²) in [6.07, 6.45) is 8.46. The van der Waals surface area contributed by atoms with Gasteiger partial charge in [0.25, 0.3) is 0 Å². The first-order valence-corrected chi connectivity index (χ1v) is 8.77. The maximum Gasteiger partial charge on any atom is 0.0584 e. The molecular weight excluding hydrogens is 266 g/mol. The van der Waals surface area contributed by atoms with Gasteiger partial charge in [-0.1, -0.05) is 43.9 Å². The Kier molecular flexibility index (Phi) is 3.17. The van der Waals surface area contributed by atoms with Crippen LogP contribution in [-0.4, -0.2) is 12.1 Å². The lowest BCUT2D eigenvalue weighted by Crippen LogP contribution is -2.64. The minimum absolute atomic E-state index is 0.369. The zero-order valence-corrected chi connectivity index (χ0v) is 13.9. The van der Waals surface area contributed by atoms with Gasteiger partial charge in [-0.05, 0) is 67.4 Å². The van der Waals surface area contributed by atoms with E-state index in [1.807, 2.05) is 6.07 Å². The Bertz CT molecular complexity index is 602. The second-order valence-electron chi connectivity index (χ2n) is 8.93. The first kappa shape index (κ1) is 14.3. The molecule has 4 fully saturated rings. The monoisotopic (exact) mass is 293 g/mol. The van der Waals surface area contributed by atoms with E-state index in [0.29, 0.717) is 16.4 Å². The highest BCUT2D eigenvalue weighted by molar-refractivity contribution is 5.34. The molecule has 4 bridgehead atoms. The third kappa shape index (κ3) is 2.59. The molecule has 116 valence electrons. The second kappa shape index (κ2) is 4.87. The molecule has 0 heterocycles. The quantitative estimate of drug-likeness (QED) is 0.798. The molecule has 1 aromatic rings. The largest absolute Gasteiger partial charge is 0.301 e. The Morgan fingerprint density at radius 3 is 2.32 bits per heavy atom. The van der Waals surface area contributed by atoms with Crippen molar-refractivity contribution in [1.82, 2.24) is 5.32 Å². The first-order valence-electron chi connectivity index (χ1n) is 8.77. The summed E-state index contributed by atoms with van der Waals surface area (Å²) in [7, 11) is 0. The summed E-state index contributed by atoms with van der Waals surface area (Å²) in [6, 6.07) is 10.3. The van der Waals surface area contributed by atoms with Crippen molar-refractivity contribution in [1.29, 1.82) is 0 Å². The normalized spacial score (nSPS) is 42.0. The standard InChI is InChI=1S/C21H27N/c1-19-11-18-12-20(2,14-19)16-21(13-18,15-19)22-10-6-9-17-7-4-3-5-8-17/h3-5,7-8,18,22H,10-16H2,1-2H3/t18?,19-,20+,21?. The van der Waals surface area contributed by atoms with E-state index in [0.717, 1.165) is 18.0 Å². The van der Waals surface area contributed by atoms with E-state index in [1.54, 1.807) is 0 Å². The molecule has 0 aromatic heterocycles. The molecule has 4 aliphatic rings. The summed E-state index contributed by atoms with van der Waals surface area (Å²) < 4.78 is 0. The molecule has 4 saturated carbocycles. The van der Waals surface area contributed by atoms with E-state index >= 15 is 0 Å². The van der Waals surface area contributed by atoms with Gasteiger partial charge in [0.2, 0.25) is 0 Å². The van der Waals surface area contributed by atoms with Gasteiger partial charge < -0.3 is 5.32 Å². The van der Waals surface area contributed by atoms with Crippen LogP contribution in [0.5, 0.6) is 0 Å². The molecule has 5 rings (SSSR count). The molecule has 0 amide bonds. The number of rotatable bonds is 2. The minimum Gasteiger partial charge on any atom is -0.301 e. The van der Waals surface area contributed by atoms with Crippen LogP contribution < -0.4 is 5.32 Å². The van der Waals surface area contributed by atoms with E-state index < -0.39 is 0 Å². The topological polar surface area (TPSA) is 12.0 Å². The van der Waals surface area contributed by atoms with Gasteiger partial charge in [-0.25, -0.2) is 0 Å². The maximum atomic E-state index is 3.87. The Morgan fingerprint density at radius 2 is 1.68 bits per heavy atom. The molecule has 1 nitrogen and oxygen atoms in total. The van der Waals surface area contributed by atoms with Crippen LogP contribution in [0.4, 0.5) is 0 Å². The van der Waals surface area contributed by atoms with Gasteiger partial charge in [0.15, 0.2) is 0 Å². The van der Waals surface area contributed by atoms with Crippen LogP contribution in [0, 0.1) is 28.6 Å². The van der Waals surface area contributed by atoms with Crippen molar-refractivity contribution >= 4 is 0 Å². The van der Waals surface area contributed by atoms with Crippen LogP contribution in [0.2, 0.25) is 0 Å². The molecule has 1 heteroatoms. The predicted molar refractivity (Wildman–Crippen MR) is 91.5 cm³/mol. The Morgan fingerprint density at radius 1 is 1.00 bits per heavy atom.